The fourth-order valence-corrected chi connectivity index (χ4v) is 4.08. The van der Waals surface area contributed by atoms with Gasteiger partial charge in [0.15, 0.2) is 0 Å². The fourth-order valence-electron chi connectivity index (χ4n) is 2.93. The Kier molecular flexibility index (Phi) is 5.11. The SMILES string of the molecule is COc1ccc(Cl)cc1COC(=O)c1ccc2c(c1)CCN2S(C)(=O)=O. The third-order valence-corrected chi connectivity index (χ3v) is 5.58. The number of ether oxygens (including phenoxy) is 2. The average molecular weight is 396 g/mol. The molecule has 3 rings (SSSR count). The second-order valence-corrected chi connectivity index (χ2v) is 8.30. The number of benzene rings is 2. The van der Waals surface area contributed by atoms with Crippen molar-refractivity contribution >= 4 is 33.3 Å². The molecule has 138 valence electrons. The summed E-state index contributed by atoms with van der Waals surface area (Å²) in [7, 11) is -1.79. The van der Waals surface area contributed by atoms with Gasteiger partial charge in [0.1, 0.15) is 12.4 Å². The minimum absolute atomic E-state index is 0.0229. The van der Waals surface area contributed by atoms with E-state index in [0.717, 1.165) is 5.56 Å². The minimum Gasteiger partial charge on any atom is -0.496 e. The Balaban J connectivity index is 1.75. The number of hydrogen-bond acceptors (Lipinski definition) is 5. The van der Waals surface area contributed by atoms with Gasteiger partial charge in [0.2, 0.25) is 10.0 Å². The first-order chi connectivity index (χ1) is 12.3. The second-order valence-electron chi connectivity index (χ2n) is 5.96. The molecule has 0 unspecified atom stereocenters. The summed E-state index contributed by atoms with van der Waals surface area (Å²) in [5, 5.41) is 0.523. The van der Waals surface area contributed by atoms with Gasteiger partial charge < -0.3 is 9.47 Å². The van der Waals surface area contributed by atoms with Gasteiger partial charge in [0.25, 0.3) is 0 Å². The summed E-state index contributed by atoms with van der Waals surface area (Å²) in [4.78, 5) is 12.4. The van der Waals surface area contributed by atoms with Gasteiger partial charge in [-0.2, -0.15) is 0 Å². The summed E-state index contributed by atoms with van der Waals surface area (Å²) in [5.74, 6) is 0.0904. The number of carbonyl (C=O) groups excluding carboxylic acids is 1. The molecule has 0 spiro atoms. The van der Waals surface area contributed by atoms with Crippen molar-refractivity contribution < 1.29 is 22.7 Å². The van der Waals surface area contributed by atoms with Gasteiger partial charge in [-0.05, 0) is 48.4 Å². The van der Waals surface area contributed by atoms with Crippen molar-refractivity contribution in [2.45, 2.75) is 13.0 Å². The highest BCUT2D eigenvalue weighted by molar-refractivity contribution is 7.92. The Morgan fingerprint density at radius 2 is 2.00 bits per heavy atom. The van der Waals surface area contributed by atoms with Crippen LogP contribution in [0.2, 0.25) is 5.02 Å². The van der Waals surface area contributed by atoms with E-state index in [2.05, 4.69) is 0 Å². The number of sulfonamides is 1. The van der Waals surface area contributed by atoms with Gasteiger partial charge in [0, 0.05) is 17.1 Å². The molecule has 0 N–H and O–H groups in total. The summed E-state index contributed by atoms with van der Waals surface area (Å²) in [5.41, 5.74) is 2.46. The van der Waals surface area contributed by atoms with Gasteiger partial charge in [-0.3, -0.25) is 4.31 Å². The number of halogens is 1. The Labute approximate surface area is 157 Å². The lowest BCUT2D eigenvalue weighted by atomic mass is 10.1. The molecule has 0 fully saturated rings. The van der Waals surface area contributed by atoms with E-state index in [-0.39, 0.29) is 6.61 Å². The van der Waals surface area contributed by atoms with E-state index in [1.54, 1.807) is 36.4 Å². The van der Waals surface area contributed by atoms with Crippen LogP contribution in [-0.2, 0) is 27.8 Å². The first kappa shape index (κ1) is 18.5. The summed E-state index contributed by atoms with van der Waals surface area (Å²) in [6, 6.07) is 9.97. The summed E-state index contributed by atoms with van der Waals surface area (Å²) < 4.78 is 35.5. The first-order valence-corrected chi connectivity index (χ1v) is 10.1. The van der Waals surface area contributed by atoms with Crippen molar-refractivity contribution in [2.24, 2.45) is 0 Å². The van der Waals surface area contributed by atoms with Crippen molar-refractivity contribution in [1.82, 2.24) is 0 Å². The Morgan fingerprint density at radius 1 is 1.23 bits per heavy atom. The molecule has 0 saturated carbocycles. The van der Waals surface area contributed by atoms with E-state index in [1.165, 1.54) is 17.7 Å². The van der Waals surface area contributed by atoms with Crippen molar-refractivity contribution in [2.75, 3.05) is 24.2 Å². The summed E-state index contributed by atoms with van der Waals surface area (Å²) in [6.45, 7) is 0.404. The number of hydrogen-bond donors (Lipinski definition) is 0. The van der Waals surface area contributed by atoms with Gasteiger partial charge in [-0.25, -0.2) is 13.2 Å². The number of nitrogens with zero attached hydrogens (tertiary/aromatic N) is 1. The molecular weight excluding hydrogens is 378 g/mol. The average Bonchev–Trinajstić information content (AvgIpc) is 3.03. The van der Waals surface area contributed by atoms with Crippen LogP contribution >= 0.6 is 11.6 Å². The lowest BCUT2D eigenvalue weighted by Crippen LogP contribution is -2.27. The topological polar surface area (TPSA) is 72.9 Å². The van der Waals surface area contributed by atoms with E-state index in [9.17, 15) is 13.2 Å². The highest BCUT2D eigenvalue weighted by Crippen LogP contribution is 2.31. The Hall–Kier alpha value is -2.25. The van der Waals surface area contributed by atoms with Crippen molar-refractivity contribution in [3.05, 3.63) is 58.1 Å². The zero-order chi connectivity index (χ0) is 18.9. The molecule has 0 atom stereocenters. The minimum atomic E-state index is -3.32. The highest BCUT2D eigenvalue weighted by Gasteiger charge is 2.27. The van der Waals surface area contributed by atoms with Gasteiger partial charge in [0.05, 0.1) is 24.6 Å². The molecule has 26 heavy (non-hydrogen) atoms. The van der Waals surface area contributed by atoms with Gasteiger partial charge in [-0.1, -0.05) is 11.6 Å². The molecule has 1 aliphatic heterocycles. The van der Waals surface area contributed by atoms with Gasteiger partial charge >= 0.3 is 5.97 Å². The van der Waals surface area contributed by atoms with Crippen molar-refractivity contribution in [1.29, 1.82) is 0 Å². The zero-order valence-corrected chi connectivity index (χ0v) is 15.9. The van der Waals surface area contributed by atoms with E-state index in [0.29, 0.717) is 40.6 Å². The highest BCUT2D eigenvalue weighted by atomic mass is 35.5. The molecule has 6 nitrogen and oxygen atoms in total. The fraction of sp³-hybridized carbons (Fsp3) is 0.278. The summed E-state index contributed by atoms with van der Waals surface area (Å²) in [6.07, 6.45) is 1.73. The molecule has 0 bridgehead atoms. The predicted octanol–water partition coefficient (Wildman–Crippen LogP) is 3.03. The molecule has 2 aromatic rings. The number of rotatable bonds is 5. The van der Waals surface area contributed by atoms with E-state index in [1.807, 2.05) is 0 Å². The maximum absolute atomic E-state index is 12.4. The van der Waals surface area contributed by atoms with Crippen LogP contribution in [0.3, 0.4) is 0 Å². The smallest absolute Gasteiger partial charge is 0.338 e. The molecule has 2 aromatic carbocycles. The van der Waals surface area contributed by atoms with Crippen LogP contribution in [0, 0.1) is 0 Å². The van der Waals surface area contributed by atoms with E-state index >= 15 is 0 Å². The Bertz CT molecular complexity index is 958. The van der Waals surface area contributed by atoms with Crippen LogP contribution in [0.4, 0.5) is 5.69 Å². The first-order valence-electron chi connectivity index (χ1n) is 7.90. The zero-order valence-electron chi connectivity index (χ0n) is 14.4. The molecule has 8 heteroatoms. The standard InChI is InChI=1S/C18H18ClNO5S/c1-24-17-6-4-15(19)10-14(17)11-25-18(21)13-3-5-16-12(9-13)7-8-20(16)26(2,22)23/h3-6,9-10H,7-8,11H2,1-2H3. The largest absolute Gasteiger partial charge is 0.496 e. The van der Waals surface area contributed by atoms with E-state index in [4.69, 9.17) is 21.1 Å². The second kappa shape index (κ2) is 7.17. The van der Waals surface area contributed by atoms with Crippen LogP contribution in [0.25, 0.3) is 0 Å². The maximum atomic E-state index is 12.4. The van der Waals surface area contributed by atoms with Crippen LogP contribution in [0.15, 0.2) is 36.4 Å². The molecule has 0 amide bonds. The molecule has 0 aromatic heterocycles. The van der Waals surface area contributed by atoms with Crippen LogP contribution in [0.1, 0.15) is 21.5 Å². The lowest BCUT2D eigenvalue weighted by Gasteiger charge is -2.16. The molecule has 0 aliphatic carbocycles. The van der Waals surface area contributed by atoms with Crippen molar-refractivity contribution in [3.63, 3.8) is 0 Å². The molecule has 1 heterocycles. The number of carbonyl (C=O) groups is 1. The monoisotopic (exact) mass is 395 g/mol. The molecule has 1 aliphatic rings. The van der Waals surface area contributed by atoms with Crippen molar-refractivity contribution in [3.8, 4) is 5.75 Å². The number of methoxy groups -OCH3 is 1. The molecule has 0 saturated heterocycles. The lowest BCUT2D eigenvalue weighted by molar-refractivity contribution is 0.0470. The normalized spacial score (nSPS) is 13.4. The van der Waals surface area contributed by atoms with E-state index < -0.39 is 16.0 Å². The third kappa shape index (κ3) is 3.78. The number of fused-ring (bicyclic) bond motifs is 1. The maximum Gasteiger partial charge on any atom is 0.338 e. The number of esters is 1. The quantitative estimate of drug-likeness (QED) is 0.727. The van der Waals surface area contributed by atoms with Crippen LogP contribution in [0.5, 0.6) is 5.75 Å². The Morgan fingerprint density at radius 3 is 2.69 bits per heavy atom. The third-order valence-electron chi connectivity index (χ3n) is 4.17. The molecule has 0 radical (unpaired) electrons. The van der Waals surface area contributed by atoms with Gasteiger partial charge in [-0.15, -0.1) is 0 Å². The predicted molar refractivity (Wildman–Crippen MR) is 99.5 cm³/mol. The summed E-state index contributed by atoms with van der Waals surface area (Å²) >= 11 is 5.97. The molecular formula is C18H18ClNO5S. The van der Waals surface area contributed by atoms with Crippen LogP contribution < -0.4 is 9.04 Å². The number of anilines is 1. The van der Waals surface area contributed by atoms with Crippen LogP contribution in [-0.4, -0.2) is 34.3 Å².